The van der Waals surface area contributed by atoms with E-state index in [4.69, 9.17) is 19.7 Å². The summed E-state index contributed by atoms with van der Waals surface area (Å²) in [5, 5.41) is 26.6. The first-order chi connectivity index (χ1) is 6.70. The van der Waals surface area contributed by atoms with Crippen molar-refractivity contribution in [1.29, 1.82) is 0 Å². The molecular formula is C8H18O5S. The number of hydrogen-bond acceptors (Lipinski definition) is 6. The maximum Gasteiger partial charge on any atom is 0.101 e. The van der Waals surface area contributed by atoms with Crippen LogP contribution < -0.4 is 0 Å². The Kier molecular flexibility index (Phi) is 9.80. The highest BCUT2D eigenvalue weighted by Crippen LogP contribution is 1.90. The van der Waals surface area contributed by atoms with Crippen molar-refractivity contribution in [2.24, 2.45) is 0 Å². The fourth-order valence-corrected chi connectivity index (χ4v) is 0.854. The fraction of sp³-hybridized carbons (Fsp3) is 1.00. The molecule has 0 fully saturated rings. The van der Waals surface area contributed by atoms with Crippen molar-refractivity contribution in [2.45, 2.75) is 12.2 Å². The van der Waals surface area contributed by atoms with Crippen molar-refractivity contribution in [3.8, 4) is 0 Å². The minimum Gasteiger partial charge on any atom is -0.394 e. The van der Waals surface area contributed by atoms with Crippen LogP contribution >= 0.6 is 12.6 Å². The molecule has 0 bridgehead atoms. The zero-order valence-corrected chi connectivity index (χ0v) is 8.90. The first-order valence-electron chi connectivity index (χ1n) is 4.44. The number of aliphatic hydroxyl groups is 3. The number of rotatable bonds is 9. The summed E-state index contributed by atoms with van der Waals surface area (Å²) in [6, 6.07) is 0. The molecule has 14 heavy (non-hydrogen) atoms. The van der Waals surface area contributed by atoms with Gasteiger partial charge in [-0.05, 0) is 0 Å². The van der Waals surface area contributed by atoms with Crippen molar-refractivity contribution in [3.05, 3.63) is 0 Å². The molecule has 86 valence electrons. The predicted octanol–water partition coefficient (Wildman–Crippen LogP) is -1.34. The van der Waals surface area contributed by atoms with Gasteiger partial charge in [0.05, 0.1) is 33.0 Å². The highest BCUT2D eigenvalue weighted by Gasteiger charge is 2.06. The molecule has 3 N–H and O–H groups in total. The Morgan fingerprint density at radius 1 is 1.00 bits per heavy atom. The van der Waals surface area contributed by atoms with Gasteiger partial charge in [0.2, 0.25) is 0 Å². The molecule has 5 nitrogen and oxygen atoms in total. The van der Waals surface area contributed by atoms with E-state index in [1.807, 2.05) is 0 Å². The van der Waals surface area contributed by atoms with E-state index in [9.17, 15) is 5.11 Å². The molecule has 0 aliphatic rings. The second kappa shape index (κ2) is 9.70. The molecule has 2 unspecified atom stereocenters. The average molecular weight is 226 g/mol. The number of ether oxygens (including phenoxy) is 2. The third kappa shape index (κ3) is 8.74. The Morgan fingerprint density at radius 2 is 1.57 bits per heavy atom. The maximum atomic E-state index is 9.24. The van der Waals surface area contributed by atoms with E-state index in [2.05, 4.69) is 12.6 Å². The van der Waals surface area contributed by atoms with Gasteiger partial charge >= 0.3 is 0 Å². The van der Waals surface area contributed by atoms with Gasteiger partial charge in [0.15, 0.2) is 0 Å². The Morgan fingerprint density at radius 3 is 2.14 bits per heavy atom. The molecule has 0 radical (unpaired) electrons. The largest absolute Gasteiger partial charge is 0.394 e. The zero-order valence-electron chi connectivity index (χ0n) is 8.00. The van der Waals surface area contributed by atoms with Crippen molar-refractivity contribution in [2.75, 3.05) is 38.8 Å². The minimum absolute atomic E-state index is 0.0140. The Balaban J connectivity index is 3.21. The van der Waals surface area contributed by atoms with Gasteiger partial charge in [-0.1, -0.05) is 0 Å². The normalized spacial score (nSPS) is 15.4. The highest BCUT2D eigenvalue weighted by atomic mass is 32.1. The molecular weight excluding hydrogens is 208 g/mol. The van der Waals surface area contributed by atoms with Crippen molar-refractivity contribution < 1.29 is 24.8 Å². The molecule has 0 rings (SSSR count). The van der Waals surface area contributed by atoms with Crippen LogP contribution in [-0.4, -0.2) is 66.3 Å². The van der Waals surface area contributed by atoms with E-state index in [-0.39, 0.29) is 26.4 Å². The van der Waals surface area contributed by atoms with E-state index in [0.717, 1.165) is 0 Å². The van der Waals surface area contributed by atoms with E-state index in [0.29, 0.717) is 12.4 Å². The number of aliphatic hydroxyl groups excluding tert-OH is 3. The average Bonchev–Trinajstić information content (AvgIpc) is 2.18. The van der Waals surface area contributed by atoms with Crippen molar-refractivity contribution in [3.63, 3.8) is 0 Å². The molecule has 0 amide bonds. The quantitative estimate of drug-likeness (QED) is 0.289. The molecule has 2 atom stereocenters. The summed E-state index contributed by atoms with van der Waals surface area (Å²) in [5.74, 6) is 0.608. The van der Waals surface area contributed by atoms with Crippen LogP contribution in [0.4, 0.5) is 0 Å². The van der Waals surface area contributed by atoms with Crippen LogP contribution in [0, 0.1) is 0 Å². The van der Waals surface area contributed by atoms with Gasteiger partial charge < -0.3 is 24.8 Å². The molecule has 0 aromatic heterocycles. The van der Waals surface area contributed by atoms with Gasteiger partial charge in [-0.25, -0.2) is 0 Å². The highest BCUT2D eigenvalue weighted by molar-refractivity contribution is 7.80. The molecule has 0 saturated heterocycles. The molecule has 6 heteroatoms. The topological polar surface area (TPSA) is 79.2 Å². The smallest absolute Gasteiger partial charge is 0.101 e. The Hall–Kier alpha value is 0.150. The third-order valence-electron chi connectivity index (χ3n) is 1.38. The Labute approximate surface area is 89.1 Å². The zero-order chi connectivity index (χ0) is 10.8. The van der Waals surface area contributed by atoms with Gasteiger partial charge in [0.1, 0.15) is 12.2 Å². The van der Waals surface area contributed by atoms with Gasteiger partial charge in [0, 0.05) is 5.75 Å². The molecule has 0 aromatic carbocycles. The van der Waals surface area contributed by atoms with Crippen LogP contribution in [0.2, 0.25) is 0 Å². The SMILES string of the molecule is OCC(O)COCC(O)COCCS. The van der Waals surface area contributed by atoms with Crippen LogP contribution in [-0.2, 0) is 9.47 Å². The van der Waals surface area contributed by atoms with Crippen molar-refractivity contribution >= 4 is 12.6 Å². The van der Waals surface area contributed by atoms with Crippen LogP contribution in [0.1, 0.15) is 0 Å². The first-order valence-corrected chi connectivity index (χ1v) is 5.07. The molecule has 0 spiro atoms. The third-order valence-corrected chi connectivity index (χ3v) is 1.56. The van der Waals surface area contributed by atoms with Crippen LogP contribution in [0.15, 0.2) is 0 Å². The Bertz CT molecular complexity index is 124. The van der Waals surface area contributed by atoms with E-state index >= 15 is 0 Å². The maximum absolute atomic E-state index is 9.24. The van der Waals surface area contributed by atoms with Crippen molar-refractivity contribution in [1.82, 2.24) is 0 Å². The van der Waals surface area contributed by atoms with Gasteiger partial charge in [-0.2, -0.15) is 12.6 Å². The standard InChI is InChI=1S/C8H18O5S/c9-3-7(10)4-13-6-8(11)5-12-1-2-14/h7-11,14H,1-6H2. The summed E-state index contributed by atoms with van der Waals surface area (Å²) >= 11 is 3.93. The fourth-order valence-electron chi connectivity index (χ4n) is 0.725. The second-order valence-corrected chi connectivity index (χ2v) is 3.27. The molecule has 0 aliphatic carbocycles. The molecule has 0 heterocycles. The lowest BCUT2D eigenvalue weighted by Gasteiger charge is -2.12. The first kappa shape index (κ1) is 14.2. The van der Waals surface area contributed by atoms with Crippen LogP contribution in [0.25, 0.3) is 0 Å². The summed E-state index contributed by atoms with van der Waals surface area (Å²) in [6.45, 7) is 0.436. The second-order valence-electron chi connectivity index (χ2n) is 2.83. The molecule has 0 saturated carbocycles. The number of hydrogen-bond donors (Lipinski definition) is 4. The van der Waals surface area contributed by atoms with Gasteiger partial charge in [-0.15, -0.1) is 0 Å². The molecule has 0 aliphatic heterocycles. The summed E-state index contributed by atoms with van der Waals surface area (Å²) in [5.41, 5.74) is 0. The monoisotopic (exact) mass is 226 g/mol. The lowest BCUT2D eigenvalue weighted by Crippen LogP contribution is -2.26. The van der Waals surface area contributed by atoms with E-state index < -0.39 is 12.2 Å². The lowest BCUT2D eigenvalue weighted by molar-refractivity contribution is -0.0462. The predicted molar refractivity (Wildman–Crippen MR) is 54.6 cm³/mol. The van der Waals surface area contributed by atoms with Crippen LogP contribution in [0.3, 0.4) is 0 Å². The molecule has 0 aromatic rings. The lowest BCUT2D eigenvalue weighted by atomic mass is 10.4. The summed E-state index contributed by atoms with van der Waals surface area (Å²) in [4.78, 5) is 0. The summed E-state index contributed by atoms with van der Waals surface area (Å²) in [7, 11) is 0. The van der Waals surface area contributed by atoms with E-state index in [1.54, 1.807) is 0 Å². The summed E-state index contributed by atoms with van der Waals surface area (Å²) < 4.78 is 9.93. The van der Waals surface area contributed by atoms with E-state index in [1.165, 1.54) is 0 Å². The number of thiol groups is 1. The summed E-state index contributed by atoms with van der Waals surface area (Å²) in [6.07, 6.45) is -1.60. The van der Waals surface area contributed by atoms with Gasteiger partial charge in [-0.3, -0.25) is 0 Å². The minimum atomic E-state index is -0.888. The van der Waals surface area contributed by atoms with Crippen LogP contribution in [0.5, 0.6) is 0 Å². The van der Waals surface area contributed by atoms with Gasteiger partial charge in [0.25, 0.3) is 0 Å².